The molecule has 0 radical (unpaired) electrons. The van der Waals surface area contributed by atoms with Gasteiger partial charge < -0.3 is 5.32 Å². The molecule has 1 aromatic heterocycles. The average Bonchev–Trinajstić information content (AvgIpc) is 3.16. The minimum atomic E-state index is 0.435. The van der Waals surface area contributed by atoms with E-state index in [1.807, 2.05) is 30.3 Å². The van der Waals surface area contributed by atoms with Gasteiger partial charge in [0.2, 0.25) is 0 Å². The lowest BCUT2D eigenvalue weighted by atomic mass is 10.1. The SMILES string of the molecule is CC1(CNc2cc(Cl)nc(-c3ccccc3)n2)CC1. The first-order valence-corrected chi connectivity index (χ1v) is 6.86. The summed E-state index contributed by atoms with van der Waals surface area (Å²) in [6.07, 6.45) is 2.56. The van der Waals surface area contributed by atoms with Crippen molar-refractivity contribution in [1.29, 1.82) is 0 Å². The number of nitrogens with one attached hydrogen (secondary N) is 1. The summed E-state index contributed by atoms with van der Waals surface area (Å²) in [6.45, 7) is 3.22. The van der Waals surface area contributed by atoms with Crippen molar-refractivity contribution >= 4 is 17.4 Å². The summed E-state index contributed by atoms with van der Waals surface area (Å²) in [5, 5.41) is 3.83. The molecule has 2 aromatic rings. The summed E-state index contributed by atoms with van der Waals surface area (Å²) in [4.78, 5) is 8.81. The van der Waals surface area contributed by atoms with Crippen molar-refractivity contribution in [3.8, 4) is 11.4 Å². The van der Waals surface area contributed by atoms with Crippen molar-refractivity contribution in [1.82, 2.24) is 9.97 Å². The van der Waals surface area contributed by atoms with Crippen LogP contribution in [-0.4, -0.2) is 16.5 Å². The number of nitrogens with zero attached hydrogens (tertiary/aromatic N) is 2. The highest BCUT2D eigenvalue weighted by Gasteiger charge is 2.36. The van der Waals surface area contributed by atoms with Gasteiger partial charge in [-0.2, -0.15) is 0 Å². The second-order valence-electron chi connectivity index (χ2n) is 5.43. The zero-order valence-electron chi connectivity index (χ0n) is 10.9. The molecule has 19 heavy (non-hydrogen) atoms. The van der Waals surface area contributed by atoms with Gasteiger partial charge in [-0.15, -0.1) is 0 Å². The molecule has 0 spiro atoms. The van der Waals surface area contributed by atoms with Gasteiger partial charge in [-0.1, -0.05) is 48.9 Å². The van der Waals surface area contributed by atoms with E-state index in [0.29, 0.717) is 16.4 Å². The summed E-state index contributed by atoms with van der Waals surface area (Å²) >= 11 is 6.07. The van der Waals surface area contributed by atoms with Crippen LogP contribution < -0.4 is 5.32 Å². The first-order chi connectivity index (χ1) is 9.15. The van der Waals surface area contributed by atoms with E-state index in [-0.39, 0.29) is 0 Å². The van der Waals surface area contributed by atoms with Crippen LogP contribution in [0.5, 0.6) is 0 Å². The largest absolute Gasteiger partial charge is 0.369 e. The quantitative estimate of drug-likeness (QED) is 0.856. The normalized spacial score (nSPS) is 16.1. The lowest BCUT2D eigenvalue weighted by Gasteiger charge is -2.11. The number of anilines is 1. The molecule has 1 fully saturated rings. The van der Waals surface area contributed by atoms with E-state index < -0.39 is 0 Å². The molecule has 1 aliphatic carbocycles. The Morgan fingerprint density at radius 1 is 1.21 bits per heavy atom. The van der Waals surface area contributed by atoms with Crippen molar-refractivity contribution in [2.75, 3.05) is 11.9 Å². The highest BCUT2D eigenvalue weighted by Crippen LogP contribution is 2.44. The van der Waals surface area contributed by atoms with E-state index in [9.17, 15) is 0 Å². The Morgan fingerprint density at radius 3 is 2.63 bits per heavy atom. The summed E-state index contributed by atoms with van der Waals surface area (Å²) in [5.74, 6) is 1.46. The van der Waals surface area contributed by atoms with Crippen molar-refractivity contribution in [2.24, 2.45) is 5.41 Å². The van der Waals surface area contributed by atoms with Gasteiger partial charge in [-0.3, -0.25) is 0 Å². The first-order valence-electron chi connectivity index (χ1n) is 6.49. The van der Waals surface area contributed by atoms with E-state index >= 15 is 0 Å². The molecule has 4 heteroatoms. The van der Waals surface area contributed by atoms with Crippen LogP contribution >= 0.6 is 11.6 Å². The maximum absolute atomic E-state index is 6.07. The maximum atomic E-state index is 6.07. The molecule has 1 aliphatic rings. The highest BCUT2D eigenvalue weighted by atomic mass is 35.5. The number of halogens is 1. The molecule has 0 atom stereocenters. The van der Waals surface area contributed by atoms with Gasteiger partial charge in [0.25, 0.3) is 0 Å². The van der Waals surface area contributed by atoms with Crippen molar-refractivity contribution in [2.45, 2.75) is 19.8 Å². The fourth-order valence-corrected chi connectivity index (χ4v) is 2.10. The van der Waals surface area contributed by atoms with Gasteiger partial charge in [0.15, 0.2) is 5.82 Å². The number of aromatic nitrogens is 2. The molecule has 1 aromatic carbocycles. The monoisotopic (exact) mass is 273 g/mol. The van der Waals surface area contributed by atoms with E-state index in [1.54, 1.807) is 6.07 Å². The fraction of sp³-hybridized carbons (Fsp3) is 0.333. The van der Waals surface area contributed by atoms with Crippen LogP contribution in [0, 0.1) is 5.41 Å². The summed E-state index contributed by atoms with van der Waals surface area (Å²) in [6, 6.07) is 11.7. The van der Waals surface area contributed by atoms with Crippen LogP contribution in [0.15, 0.2) is 36.4 Å². The summed E-state index contributed by atoms with van der Waals surface area (Å²) in [7, 11) is 0. The van der Waals surface area contributed by atoms with E-state index in [1.165, 1.54) is 12.8 Å². The third-order valence-electron chi connectivity index (χ3n) is 3.53. The van der Waals surface area contributed by atoms with Gasteiger partial charge in [-0.25, -0.2) is 9.97 Å². The van der Waals surface area contributed by atoms with Gasteiger partial charge >= 0.3 is 0 Å². The van der Waals surface area contributed by atoms with Gasteiger partial charge in [0, 0.05) is 18.2 Å². The van der Waals surface area contributed by atoms with Crippen LogP contribution in [0.2, 0.25) is 5.15 Å². The molecule has 0 amide bonds. The number of hydrogen-bond acceptors (Lipinski definition) is 3. The number of rotatable bonds is 4. The third-order valence-corrected chi connectivity index (χ3v) is 3.72. The van der Waals surface area contributed by atoms with Gasteiger partial charge in [0.1, 0.15) is 11.0 Å². The predicted octanol–water partition coefficient (Wildman–Crippen LogP) is 4.01. The van der Waals surface area contributed by atoms with Crippen LogP contribution in [0.4, 0.5) is 5.82 Å². The Balaban J connectivity index is 1.83. The first kappa shape index (κ1) is 12.4. The Hall–Kier alpha value is -1.61. The van der Waals surface area contributed by atoms with Crippen LogP contribution in [0.25, 0.3) is 11.4 Å². The van der Waals surface area contributed by atoms with Gasteiger partial charge in [0.05, 0.1) is 0 Å². The molecular formula is C15H16ClN3. The molecule has 0 unspecified atom stereocenters. The molecule has 3 rings (SSSR count). The molecule has 1 heterocycles. The van der Waals surface area contributed by atoms with Crippen molar-refractivity contribution < 1.29 is 0 Å². The second kappa shape index (κ2) is 4.82. The topological polar surface area (TPSA) is 37.8 Å². The Morgan fingerprint density at radius 2 is 1.95 bits per heavy atom. The molecule has 1 saturated carbocycles. The van der Waals surface area contributed by atoms with E-state index in [0.717, 1.165) is 17.9 Å². The Kier molecular flexibility index (Phi) is 3.15. The standard InChI is InChI=1S/C15H16ClN3/c1-15(7-8-15)10-17-13-9-12(16)18-14(19-13)11-5-3-2-4-6-11/h2-6,9H,7-8,10H2,1H3,(H,17,18,19). The van der Waals surface area contributed by atoms with E-state index in [4.69, 9.17) is 11.6 Å². The molecule has 0 aliphatic heterocycles. The summed E-state index contributed by atoms with van der Waals surface area (Å²) in [5.41, 5.74) is 1.41. The number of benzene rings is 1. The highest BCUT2D eigenvalue weighted by molar-refractivity contribution is 6.29. The second-order valence-corrected chi connectivity index (χ2v) is 5.82. The zero-order valence-corrected chi connectivity index (χ0v) is 11.6. The minimum Gasteiger partial charge on any atom is -0.369 e. The van der Waals surface area contributed by atoms with Crippen molar-refractivity contribution in [3.05, 3.63) is 41.6 Å². The molecule has 3 nitrogen and oxygen atoms in total. The molecular weight excluding hydrogens is 258 g/mol. The smallest absolute Gasteiger partial charge is 0.163 e. The van der Waals surface area contributed by atoms with Crippen LogP contribution in [0.1, 0.15) is 19.8 Å². The number of hydrogen-bond donors (Lipinski definition) is 1. The Bertz CT molecular complexity index is 579. The molecule has 98 valence electrons. The predicted molar refractivity (Wildman–Crippen MR) is 78.3 cm³/mol. The van der Waals surface area contributed by atoms with Crippen LogP contribution in [-0.2, 0) is 0 Å². The van der Waals surface area contributed by atoms with Crippen molar-refractivity contribution in [3.63, 3.8) is 0 Å². The summed E-state index contributed by atoms with van der Waals surface area (Å²) < 4.78 is 0. The molecule has 1 N–H and O–H groups in total. The fourth-order valence-electron chi connectivity index (χ4n) is 1.92. The lowest BCUT2D eigenvalue weighted by molar-refractivity contribution is 0.609. The minimum absolute atomic E-state index is 0.435. The Labute approximate surface area is 118 Å². The maximum Gasteiger partial charge on any atom is 0.163 e. The van der Waals surface area contributed by atoms with E-state index in [2.05, 4.69) is 22.2 Å². The van der Waals surface area contributed by atoms with Gasteiger partial charge in [-0.05, 0) is 18.3 Å². The lowest BCUT2D eigenvalue weighted by Crippen LogP contribution is -2.13. The third kappa shape index (κ3) is 3.04. The molecule has 0 saturated heterocycles. The van der Waals surface area contributed by atoms with Crippen LogP contribution in [0.3, 0.4) is 0 Å². The molecule has 0 bridgehead atoms. The average molecular weight is 274 g/mol. The zero-order chi connectivity index (χ0) is 13.3.